The molecule has 1 aromatic carbocycles. The minimum absolute atomic E-state index is 0.00711. The molecule has 2 unspecified atom stereocenters. The van der Waals surface area contributed by atoms with Crippen LogP contribution in [0.1, 0.15) is 131 Å². The molecule has 0 aromatic heterocycles. The minimum atomic E-state index is -0.888. The number of aliphatic carboxylic acids is 1. The number of amides is 7. The zero-order valence-electron chi connectivity index (χ0n) is 57.2. The number of carboxylic acid groups (broad SMARTS) is 1. The summed E-state index contributed by atoms with van der Waals surface area (Å²) in [6, 6.07) is 3.95. The van der Waals surface area contributed by atoms with Crippen molar-refractivity contribution in [2.75, 3.05) is 158 Å². The first-order chi connectivity index (χ1) is 44.9. The number of terminal acetylenes is 1. The Kier molecular flexibility index (Phi) is 64.1. The Morgan fingerprint density at radius 3 is 1.54 bits per heavy atom. The molecule has 27 heteroatoms. The monoisotopic (exact) mass is 1330 g/mol. The van der Waals surface area contributed by atoms with Gasteiger partial charge in [-0.2, -0.15) is 0 Å². The number of ether oxygens (including phenoxy) is 11. The average Bonchev–Trinajstić information content (AvgIpc) is 2.54. The van der Waals surface area contributed by atoms with Gasteiger partial charge in [-0.15, -0.1) is 12.8 Å². The highest BCUT2D eigenvalue weighted by Crippen LogP contribution is 2.21. The molecule has 0 fully saturated rings. The van der Waals surface area contributed by atoms with Crippen molar-refractivity contribution in [1.29, 1.82) is 0 Å². The van der Waals surface area contributed by atoms with Crippen LogP contribution in [0.3, 0.4) is 0 Å². The summed E-state index contributed by atoms with van der Waals surface area (Å²) in [5.41, 5.74) is 12.5. The van der Waals surface area contributed by atoms with E-state index in [2.05, 4.69) is 73.6 Å². The van der Waals surface area contributed by atoms with Gasteiger partial charge in [0.2, 0.25) is 17.7 Å². The molecule has 534 valence electrons. The molecule has 0 bridgehead atoms. The number of carboxylic acids is 1. The minimum Gasteiger partial charge on any atom is -0.481 e. The van der Waals surface area contributed by atoms with Gasteiger partial charge in [-0.25, -0.2) is 4.79 Å². The van der Waals surface area contributed by atoms with Gasteiger partial charge in [0.15, 0.2) is 0 Å². The first-order valence-corrected chi connectivity index (χ1v) is 32.2. The van der Waals surface area contributed by atoms with Crippen molar-refractivity contribution >= 4 is 53.2 Å². The fourth-order valence-electron chi connectivity index (χ4n) is 7.40. The van der Waals surface area contributed by atoms with E-state index in [0.717, 1.165) is 67.6 Å². The molecule has 1 aliphatic heterocycles. The molecule has 2 rings (SSSR count). The number of carbonyl (C=O) groups is 8. The van der Waals surface area contributed by atoms with Gasteiger partial charge in [-0.1, -0.05) is 86.8 Å². The van der Waals surface area contributed by atoms with E-state index in [1.165, 1.54) is 24.8 Å². The third-order valence-corrected chi connectivity index (χ3v) is 12.4. The van der Waals surface area contributed by atoms with Gasteiger partial charge in [-0.3, -0.25) is 38.5 Å². The summed E-state index contributed by atoms with van der Waals surface area (Å²) in [5, 5.41) is 19.0. The van der Waals surface area contributed by atoms with E-state index >= 15 is 0 Å². The van der Waals surface area contributed by atoms with Gasteiger partial charge in [-0.05, 0) is 73.4 Å². The number of carbonyl (C=O) groups excluding carboxylic acids is 7. The molecule has 93 heavy (non-hydrogen) atoms. The van der Waals surface area contributed by atoms with Gasteiger partial charge in [0.05, 0.1) is 145 Å². The Bertz CT molecular complexity index is 2180. The molecular formula is C66H115N7O20. The molecule has 9 N–H and O–H groups in total. The number of rotatable bonds is 53. The number of hydrogen-bond acceptors (Lipinski definition) is 20. The van der Waals surface area contributed by atoms with Crippen LogP contribution in [0.2, 0.25) is 0 Å². The Hall–Kier alpha value is -6.42. The summed E-state index contributed by atoms with van der Waals surface area (Å²) in [6.07, 6.45) is 19.6. The summed E-state index contributed by atoms with van der Waals surface area (Å²) in [6.45, 7) is 25.5. The van der Waals surface area contributed by atoms with Crippen LogP contribution < -0.4 is 32.7 Å². The number of urea groups is 1. The van der Waals surface area contributed by atoms with Crippen molar-refractivity contribution in [3.05, 3.63) is 53.1 Å². The molecule has 0 spiro atoms. The molecule has 0 aliphatic carbocycles. The predicted octanol–water partition coefficient (Wildman–Crippen LogP) is 5.63. The maximum Gasteiger partial charge on any atom is 0.312 e. The largest absolute Gasteiger partial charge is 0.481 e. The van der Waals surface area contributed by atoms with Crippen LogP contribution in [0.25, 0.3) is 0 Å². The molecule has 1 aliphatic rings. The van der Waals surface area contributed by atoms with Crippen LogP contribution >= 0.6 is 0 Å². The number of primary amides is 1. The standard InChI is InChI=1S/C39H58N4O9.C20H40O10.C4H10N2O.C2H2.CH5N/c1-7-10-12-37(48)52-26-30-13-14-32(22-31(30)25-51-24-29(11-8-2)21-28(6)9-3)41-34(45)23-40-39(49)38(27(4)5)42-33(44)17-19-50-20-18-43-35(46)15-16-36(43)47;1-2-4-23-6-8-25-10-12-27-14-16-29-18-19-30-17-15-28-13-11-26-9-7-24-5-3-20(21)22;1-2-3-6-4(5)7;2*1-2/h13-16,21-22,27-28,38H,7-12,17-20,23-26H2,1-6H3,(H,40,49)(H,41,45)(H,42,44);2-19H2,1H3,(H,21,22);2-3H2,1H3,(H3,5,6,7);1-2H;2H2,1H3/b29-21+;;;;. The second-order valence-electron chi connectivity index (χ2n) is 20.6. The lowest BCUT2D eigenvalue weighted by Gasteiger charge is -2.22. The lowest BCUT2D eigenvalue weighted by atomic mass is 10.0. The summed E-state index contributed by atoms with van der Waals surface area (Å²) in [4.78, 5) is 95.0. The zero-order chi connectivity index (χ0) is 70.1. The maximum absolute atomic E-state index is 13.0. The van der Waals surface area contributed by atoms with Gasteiger partial charge in [0.1, 0.15) is 12.6 Å². The Labute approximate surface area is 553 Å². The Morgan fingerprint density at radius 2 is 1.09 bits per heavy atom. The maximum atomic E-state index is 13.0. The number of anilines is 1. The van der Waals surface area contributed by atoms with Gasteiger partial charge < -0.3 is 89.9 Å². The van der Waals surface area contributed by atoms with Crippen LogP contribution in [0.15, 0.2) is 42.0 Å². The summed E-state index contributed by atoms with van der Waals surface area (Å²) in [7, 11) is 1.50. The smallest absolute Gasteiger partial charge is 0.312 e. The zero-order valence-corrected chi connectivity index (χ0v) is 57.2. The summed E-state index contributed by atoms with van der Waals surface area (Å²) >= 11 is 0. The molecule has 2 atom stereocenters. The van der Waals surface area contributed by atoms with E-state index in [9.17, 15) is 38.4 Å². The molecule has 0 radical (unpaired) electrons. The van der Waals surface area contributed by atoms with Crippen LogP contribution in [0.5, 0.6) is 0 Å². The lowest BCUT2D eigenvalue weighted by Crippen LogP contribution is -2.51. The van der Waals surface area contributed by atoms with Gasteiger partial charge in [0.25, 0.3) is 11.8 Å². The molecule has 1 aromatic rings. The number of esters is 1. The third-order valence-electron chi connectivity index (χ3n) is 12.4. The number of allylic oxidation sites excluding steroid dienone is 1. The van der Waals surface area contributed by atoms with E-state index in [-0.39, 0.29) is 70.9 Å². The number of hydrogen-bond donors (Lipinski definition) is 7. The SMILES string of the molecule is C#C.CCCCC(=O)OCc1ccc(NC(=O)CNC(=O)C(NC(=O)CCOCCN2C(=O)C=CC2=O)C(C)C)cc1COC/C(=C/C(C)CC)CCC.CCCNC(N)=O.CCCOCCOCCOCCOCCOCCOCCOCCOCCC(=O)O.CN. The fraction of sp³-hybridized carbons (Fsp3) is 0.697. The first-order valence-electron chi connectivity index (χ1n) is 32.2. The van der Waals surface area contributed by atoms with E-state index in [4.69, 9.17) is 62.9 Å². The second kappa shape index (κ2) is 65.6. The van der Waals surface area contributed by atoms with Crippen molar-refractivity contribution in [2.24, 2.45) is 23.3 Å². The number of nitrogens with one attached hydrogen (secondary N) is 4. The van der Waals surface area contributed by atoms with Crippen molar-refractivity contribution in [3.63, 3.8) is 0 Å². The van der Waals surface area contributed by atoms with Crippen molar-refractivity contribution in [1.82, 2.24) is 20.9 Å². The number of unbranched alkanes of at least 4 members (excludes halogenated alkanes) is 1. The molecule has 1 heterocycles. The quantitative estimate of drug-likeness (QED) is 0.0137. The lowest BCUT2D eigenvalue weighted by molar-refractivity contribution is -0.145. The second-order valence-corrected chi connectivity index (χ2v) is 20.6. The number of nitrogens with two attached hydrogens (primary N) is 2. The molecule has 0 saturated heterocycles. The van der Waals surface area contributed by atoms with E-state index in [1.807, 2.05) is 13.8 Å². The molecule has 0 saturated carbocycles. The summed E-state index contributed by atoms with van der Waals surface area (Å²) < 4.78 is 59.6. The highest BCUT2D eigenvalue weighted by Gasteiger charge is 2.25. The highest BCUT2D eigenvalue weighted by atomic mass is 16.6. The highest BCUT2D eigenvalue weighted by molar-refractivity contribution is 6.12. The van der Waals surface area contributed by atoms with Crippen molar-refractivity contribution < 1.29 is 95.6 Å². The van der Waals surface area contributed by atoms with Crippen molar-refractivity contribution in [2.45, 2.75) is 139 Å². The number of benzene rings is 1. The van der Waals surface area contributed by atoms with Crippen molar-refractivity contribution in [3.8, 4) is 12.8 Å². The molecular weight excluding hydrogens is 1210 g/mol. The van der Waals surface area contributed by atoms with E-state index < -0.39 is 47.6 Å². The van der Waals surface area contributed by atoms with Gasteiger partial charge in [0, 0.05) is 43.8 Å². The van der Waals surface area contributed by atoms with E-state index in [0.29, 0.717) is 124 Å². The van der Waals surface area contributed by atoms with Crippen LogP contribution in [0.4, 0.5) is 10.5 Å². The van der Waals surface area contributed by atoms with Gasteiger partial charge >= 0.3 is 18.0 Å². The van der Waals surface area contributed by atoms with Crippen LogP contribution in [-0.2, 0) is 98.9 Å². The Balaban J connectivity index is -0.00000166. The number of imide groups is 1. The predicted molar refractivity (Wildman–Crippen MR) is 355 cm³/mol. The molecule has 27 nitrogen and oxygen atoms in total. The topological polar surface area (TPSA) is 362 Å². The fourth-order valence-corrected chi connectivity index (χ4v) is 7.40. The van der Waals surface area contributed by atoms with Crippen LogP contribution in [-0.4, -0.2) is 216 Å². The normalized spacial score (nSPS) is 12.2. The third kappa shape index (κ3) is 55.7. The van der Waals surface area contributed by atoms with E-state index in [1.54, 1.807) is 32.0 Å². The first kappa shape index (κ1) is 90.8. The van der Waals surface area contributed by atoms with Crippen LogP contribution in [0, 0.1) is 24.7 Å². The number of nitrogens with zero attached hydrogens (tertiary/aromatic N) is 1. The average molecular weight is 1330 g/mol. The Morgan fingerprint density at radius 1 is 0.581 bits per heavy atom. The summed E-state index contributed by atoms with van der Waals surface area (Å²) in [5.74, 6) is -3.16. The molecule has 7 amide bonds.